The topological polar surface area (TPSA) is 53.6 Å². The average Bonchev–Trinajstić information content (AvgIpc) is 2.94. The molecule has 1 saturated heterocycles. The van der Waals surface area contributed by atoms with Gasteiger partial charge in [0, 0.05) is 31.6 Å². The van der Waals surface area contributed by atoms with Gasteiger partial charge in [-0.15, -0.1) is 0 Å². The first kappa shape index (κ1) is 14.2. The molecule has 1 aromatic carbocycles. The van der Waals surface area contributed by atoms with Crippen LogP contribution in [0.1, 0.15) is 25.7 Å². The normalized spacial score (nSPS) is 25.8. The van der Waals surface area contributed by atoms with Crippen molar-refractivity contribution < 1.29 is 9.53 Å². The van der Waals surface area contributed by atoms with Crippen LogP contribution in [0.5, 0.6) is 0 Å². The number of hydrogen-bond acceptors (Lipinski definition) is 3. The van der Waals surface area contributed by atoms with Crippen molar-refractivity contribution in [2.24, 2.45) is 0 Å². The number of ether oxygens (including phenoxy) is 1. The molecule has 1 heterocycles. The second-order valence-electron chi connectivity index (χ2n) is 5.74. The molecule has 3 rings (SSSR count). The Balaban J connectivity index is 1.72. The molecule has 21 heavy (non-hydrogen) atoms. The van der Waals surface area contributed by atoms with E-state index in [0.717, 1.165) is 30.8 Å². The number of carbonyl (C=O) groups is 1. The summed E-state index contributed by atoms with van der Waals surface area (Å²) in [6.07, 6.45) is 5.00. The minimum absolute atomic E-state index is 0.0143. The van der Waals surface area contributed by atoms with Gasteiger partial charge in [-0.1, -0.05) is 18.9 Å². The number of urea groups is 1. The van der Waals surface area contributed by atoms with Gasteiger partial charge in [-0.05, 0) is 31.0 Å². The van der Waals surface area contributed by atoms with E-state index in [2.05, 4.69) is 16.7 Å². The predicted octanol–water partition coefficient (Wildman–Crippen LogP) is 2.59. The van der Waals surface area contributed by atoms with Crippen molar-refractivity contribution >= 4 is 17.4 Å². The summed E-state index contributed by atoms with van der Waals surface area (Å²) in [7, 11) is 1.79. The fraction of sp³-hybridized carbons (Fsp3) is 0.562. The first-order valence-corrected chi connectivity index (χ1v) is 7.72. The zero-order chi connectivity index (χ0) is 14.7. The Hall–Kier alpha value is -1.75. The van der Waals surface area contributed by atoms with E-state index in [1.165, 1.54) is 12.8 Å². The number of nitrogens with zero attached hydrogens (tertiary/aromatic N) is 1. The Kier molecular flexibility index (Phi) is 4.29. The second-order valence-corrected chi connectivity index (χ2v) is 5.74. The second kappa shape index (κ2) is 6.35. The Morgan fingerprint density at radius 3 is 2.95 bits per heavy atom. The molecule has 2 N–H and O–H groups in total. The van der Waals surface area contributed by atoms with Gasteiger partial charge in [-0.2, -0.15) is 0 Å². The number of methoxy groups -OCH3 is 1. The highest BCUT2D eigenvalue weighted by molar-refractivity contribution is 5.94. The van der Waals surface area contributed by atoms with Crippen LogP contribution in [0.25, 0.3) is 0 Å². The first-order chi connectivity index (χ1) is 10.3. The summed E-state index contributed by atoms with van der Waals surface area (Å²) in [6.45, 7) is 1.44. The van der Waals surface area contributed by atoms with Gasteiger partial charge >= 0.3 is 6.03 Å². The SMILES string of the molecule is COC1CCCCC1Nc1cccc(N2CCNC2=O)c1. The van der Waals surface area contributed by atoms with Gasteiger partial charge in [0.15, 0.2) is 0 Å². The summed E-state index contributed by atoms with van der Waals surface area (Å²) in [5, 5.41) is 6.41. The highest BCUT2D eigenvalue weighted by Crippen LogP contribution is 2.26. The smallest absolute Gasteiger partial charge is 0.321 e. The van der Waals surface area contributed by atoms with Crippen molar-refractivity contribution in [1.29, 1.82) is 0 Å². The third-order valence-electron chi connectivity index (χ3n) is 4.37. The first-order valence-electron chi connectivity index (χ1n) is 7.72. The van der Waals surface area contributed by atoms with Crippen molar-refractivity contribution in [2.75, 3.05) is 30.4 Å². The highest BCUT2D eigenvalue weighted by atomic mass is 16.5. The minimum atomic E-state index is -0.0143. The number of rotatable bonds is 4. The van der Waals surface area contributed by atoms with Crippen molar-refractivity contribution in [1.82, 2.24) is 5.32 Å². The van der Waals surface area contributed by atoms with E-state index in [1.807, 2.05) is 18.2 Å². The van der Waals surface area contributed by atoms with Crippen LogP contribution < -0.4 is 15.5 Å². The maximum atomic E-state index is 11.7. The molecule has 2 fully saturated rings. The summed E-state index contributed by atoms with van der Waals surface area (Å²) in [5.74, 6) is 0. The van der Waals surface area contributed by atoms with Gasteiger partial charge in [0.05, 0.1) is 12.1 Å². The van der Waals surface area contributed by atoms with Crippen molar-refractivity contribution in [3.8, 4) is 0 Å². The highest BCUT2D eigenvalue weighted by Gasteiger charge is 2.25. The van der Waals surface area contributed by atoms with Gasteiger partial charge in [-0.25, -0.2) is 4.79 Å². The molecule has 1 aliphatic heterocycles. The zero-order valence-electron chi connectivity index (χ0n) is 12.5. The number of hydrogen-bond donors (Lipinski definition) is 2. The van der Waals surface area contributed by atoms with E-state index in [1.54, 1.807) is 12.0 Å². The lowest BCUT2D eigenvalue weighted by Crippen LogP contribution is -2.37. The van der Waals surface area contributed by atoms with Gasteiger partial charge in [0.1, 0.15) is 0 Å². The molecule has 5 heteroatoms. The molecule has 114 valence electrons. The summed E-state index contributed by atoms with van der Waals surface area (Å²) in [5.41, 5.74) is 2.00. The van der Waals surface area contributed by atoms with Crippen LogP contribution in [0, 0.1) is 0 Å². The van der Waals surface area contributed by atoms with E-state index in [0.29, 0.717) is 12.6 Å². The molecule has 2 unspecified atom stereocenters. The van der Waals surface area contributed by atoms with Crippen molar-refractivity contribution in [3.63, 3.8) is 0 Å². The van der Waals surface area contributed by atoms with Gasteiger partial charge < -0.3 is 15.4 Å². The molecule has 1 aliphatic carbocycles. The van der Waals surface area contributed by atoms with E-state index < -0.39 is 0 Å². The Morgan fingerprint density at radius 1 is 1.33 bits per heavy atom. The summed E-state index contributed by atoms with van der Waals surface area (Å²) < 4.78 is 5.59. The molecule has 2 atom stereocenters. The molecule has 0 bridgehead atoms. The van der Waals surface area contributed by atoms with E-state index >= 15 is 0 Å². The molecule has 5 nitrogen and oxygen atoms in total. The zero-order valence-corrected chi connectivity index (χ0v) is 12.5. The number of benzene rings is 1. The van der Waals surface area contributed by atoms with Gasteiger partial charge in [0.25, 0.3) is 0 Å². The molecule has 0 radical (unpaired) electrons. The number of amides is 2. The lowest BCUT2D eigenvalue weighted by Gasteiger charge is -2.32. The molecule has 0 aromatic heterocycles. The lowest BCUT2D eigenvalue weighted by atomic mass is 9.92. The molecule has 2 aliphatic rings. The fourth-order valence-electron chi connectivity index (χ4n) is 3.24. The van der Waals surface area contributed by atoms with Gasteiger partial charge in [-0.3, -0.25) is 4.90 Å². The largest absolute Gasteiger partial charge is 0.380 e. The molecule has 0 spiro atoms. The third kappa shape index (κ3) is 3.13. The maximum Gasteiger partial charge on any atom is 0.321 e. The van der Waals surface area contributed by atoms with Crippen LogP contribution in [0.4, 0.5) is 16.2 Å². The average molecular weight is 289 g/mol. The number of carbonyl (C=O) groups excluding carboxylic acids is 1. The number of anilines is 2. The van der Waals surface area contributed by atoms with Crippen LogP contribution in [-0.4, -0.2) is 38.4 Å². The quantitative estimate of drug-likeness (QED) is 0.896. The third-order valence-corrected chi connectivity index (χ3v) is 4.37. The summed E-state index contributed by atoms with van der Waals surface area (Å²) in [6, 6.07) is 8.41. The molecule has 2 amide bonds. The van der Waals surface area contributed by atoms with Crippen LogP contribution in [0.3, 0.4) is 0 Å². The Labute approximate surface area is 125 Å². The van der Waals surface area contributed by atoms with Gasteiger partial charge in [0.2, 0.25) is 0 Å². The Morgan fingerprint density at radius 2 is 2.19 bits per heavy atom. The lowest BCUT2D eigenvalue weighted by molar-refractivity contribution is 0.0606. The molecular weight excluding hydrogens is 266 g/mol. The van der Waals surface area contributed by atoms with E-state index in [4.69, 9.17) is 4.74 Å². The monoisotopic (exact) mass is 289 g/mol. The number of nitrogens with one attached hydrogen (secondary N) is 2. The Bertz CT molecular complexity index is 506. The molecule has 1 saturated carbocycles. The molecular formula is C16H23N3O2. The molecule has 1 aromatic rings. The van der Waals surface area contributed by atoms with Crippen LogP contribution in [0.15, 0.2) is 24.3 Å². The minimum Gasteiger partial charge on any atom is -0.380 e. The van der Waals surface area contributed by atoms with Crippen LogP contribution >= 0.6 is 0 Å². The van der Waals surface area contributed by atoms with Crippen molar-refractivity contribution in [2.45, 2.75) is 37.8 Å². The van der Waals surface area contributed by atoms with Crippen LogP contribution in [0.2, 0.25) is 0 Å². The fourth-order valence-corrected chi connectivity index (χ4v) is 3.24. The predicted molar refractivity (Wildman–Crippen MR) is 83.9 cm³/mol. The van der Waals surface area contributed by atoms with Crippen LogP contribution in [-0.2, 0) is 4.74 Å². The van der Waals surface area contributed by atoms with E-state index in [-0.39, 0.29) is 12.1 Å². The standard InChI is InChI=1S/C16H23N3O2/c1-21-15-8-3-2-7-14(15)18-12-5-4-6-13(11-12)19-10-9-17-16(19)20/h4-6,11,14-15,18H,2-3,7-10H2,1H3,(H,17,20). The summed E-state index contributed by atoms with van der Waals surface area (Å²) in [4.78, 5) is 13.5. The summed E-state index contributed by atoms with van der Waals surface area (Å²) >= 11 is 0. The van der Waals surface area contributed by atoms with Crippen molar-refractivity contribution in [3.05, 3.63) is 24.3 Å². The maximum absolute atomic E-state index is 11.7. The van der Waals surface area contributed by atoms with E-state index in [9.17, 15) is 4.79 Å².